The smallest absolute Gasteiger partial charge is 0.321 e. The molecule has 0 unspecified atom stereocenters. The Labute approximate surface area is 165 Å². The zero-order valence-electron chi connectivity index (χ0n) is 16.1. The van der Waals surface area contributed by atoms with Gasteiger partial charge in [0.25, 0.3) is 0 Å². The predicted molar refractivity (Wildman–Crippen MR) is 110 cm³/mol. The Morgan fingerprint density at radius 1 is 1.14 bits per heavy atom. The molecule has 6 nitrogen and oxygen atoms in total. The zero-order chi connectivity index (χ0) is 19.3. The van der Waals surface area contributed by atoms with Crippen LogP contribution in [0.5, 0.6) is 0 Å². The molecular formula is C22H25N5O. The number of H-pyrrole nitrogens is 1. The lowest BCUT2D eigenvalue weighted by Gasteiger charge is -2.31. The Balaban J connectivity index is 1.28. The molecule has 2 aromatic carbocycles. The Morgan fingerprint density at radius 2 is 1.93 bits per heavy atom. The molecule has 1 saturated heterocycles. The monoisotopic (exact) mass is 375 g/mol. The van der Waals surface area contributed by atoms with Gasteiger partial charge in [-0.25, -0.2) is 9.78 Å². The van der Waals surface area contributed by atoms with Crippen molar-refractivity contribution in [3.8, 4) is 11.4 Å². The highest BCUT2D eigenvalue weighted by Gasteiger charge is 2.24. The number of hydrogen-bond donors (Lipinski definition) is 2. The van der Waals surface area contributed by atoms with Crippen LogP contribution in [0.2, 0.25) is 0 Å². The number of aromatic amines is 1. The molecule has 0 saturated carbocycles. The maximum Gasteiger partial charge on any atom is 0.321 e. The molecule has 0 atom stereocenters. The minimum atomic E-state index is -0.0184. The highest BCUT2D eigenvalue weighted by Crippen LogP contribution is 2.22. The van der Waals surface area contributed by atoms with Gasteiger partial charge in [0.1, 0.15) is 5.82 Å². The fraction of sp³-hybridized carbons (Fsp3) is 0.318. The summed E-state index contributed by atoms with van der Waals surface area (Å²) in [6.45, 7) is 3.55. The first-order chi connectivity index (χ1) is 13.7. The van der Waals surface area contributed by atoms with E-state index in [0.717, 1.165) is 60.8 Å². The molecule has 0 spiro atoms. The number of rotatable bonds is 4. The lowest BCUT2D eigenvalue weighted by atomic mass is 9.93. The molecule has 6 heteroatoms. The van der Waals surface area contributed by atoms with Crippen LogP contribution in [-0.4, -0.2) is 39.2 Å². The van der Waals surface area contributed by atoms with E-state index in [4.69, 9.17) is 0 Å². The van der Waals surface area contributed by atoms with Crippen molar-refractivity contribution in [2.45, 2.75) is 26.2 Å². The zero-order valence-corrected chi connectivity index (χ0v) is 16.1. The molecule has 1 aromatic heterocycles. The number of aryl methyl sites for hydroxylation is 1. The first kappa shape index (κ1) is 18.2. The van der Waals surface area contributed by atoms with Crippen molar-refractivity contribution in [3.63, 3.8) is 0 Å². The first-order valence-corrected chi connectivity index (χ1v) is 9.76. The molecule has 0 radical (unpaired) electrons. The molecule has 4 rings (SSSR count). The molecule has 28 heavy (non-hydrogen) atoms. The number of anilines is 1. The molecule has 1 aliphatic heterocycles. The van der Waals surface area contributed by atoms with Crippen LogP contribution in [-0.2, 0) is 6.42 Å². The van der Waals surface area contributed by atoms with Crippen molar-refractivity contribution < 1.29 is 4.79 Å². The number of urea groups is 1. The van der Waals surface area contributed by atoms with Gasteiger partial charge in [0.2, 0.25) is 0 Å². The van der Waals surface area contributed by atoms with E-state index in [0.29, 0.717) is 5.92 Å². The van der Waals surface area contributed by atoms with Gasteiger partial charge in [-0.05, 0) is 43.4 Å². The van der Waals surface area contributed by atoms with E-state index in [1.807, 2.05) is 66.4 Å². The Morgan fingerprint density at radius 3 is 2.68 bits per heavy atom. The number of carbonyl (C=O) groups is 1. The van der Waals surface area contributed by atoms with Crippen molar-refractivity contribution in [2.75, 3.05) is 18.4 Å². The number of benzene rings is 2. The summed E-state index contributed by atoms with van der Waals surface area (Å²) in [5.41, 5.74) is 3.01. The molecule has 2 N–H and O–H groups in total. The molecule has 1 fully saturated rings. The largest absolute Gasteiger partial charge is 0.325 e. The van der Waals surface area contributed by atoms with Gasteiger partial charge in [-0.2, -0.15) is 5.10 Å². The average molecular weight is 375 g/mol. The maximum absolute atomic E-state index is 12.5. The molecule has 144 valence electrons. The number of aromatic nitrogens is 3. The van der Waals surface area contributed by atoms with Gasteiger partial charge in [0.15, 0.2) is 5.82 Å². The fourth-order valence-electron chi connectivity index (χ4n) is 3.64. The number of likely N-dealkylation sites (tertiary alicyclic amines) is 1. The van der Waals surface area contributed by atoms with Crippen LogP contribution in [0, 0.1) is 12.8 Å². The average Bonchev–Trinajstić information content (AvgIpc) is 3.18. The third kappa shape index (κ3) is 4.39. The van der Waals surface area contributed by atoms with E-state index < -0.39 is 0 Å². The molecule has 1 aliphatic rings. The van der Waals surface area contributed by atoms with Crippen molar-refractivity contribution in [3.05, 3.63) is 66.0 Å². The quantitative estimate of drug-likeness (QED) is 0.715. The molecule has 2 heterocycles. The highest BCUT2D eigenvalue weighted by atomic mass is 16.2. The number of nitrogens with zero attached hydrogens (tertiary/aromatic N) is 3. The summed E-state index contributed by atoms with van der Waals surface area (Å²) in [5, 5.41) is 10.4. The van der Waals surface area contributed by atoms with Crippen LogP contribution in [0.15, 0.2) is 54.6 Å². The van der Waals surface area contributed by atoms with Crippen LogP contribution >= 0.6 is 0 Å². The van der Waals surface area contributed by atoms with Crippen molar-refractivity contribution in [1.29, 1.82) is 0 Å². The topological polar surface area (TPSA) is 73.9 Å². The Kier molecular flexibility index (Phi) is 5.37. The molecule has 3 aromatic rings. The van der Waals surface area contributed by atoms with Crippen LogP contribution < -0.4 is 5.32 Å². The maximum atomic E-state index is 12.5. The minimum Gasteiger partial charge on any atom is -0.325 e. The van der Waals surface area contributed by atoms with Crippen LogP contribution in [0.25, 0.3) is 11.4 Å². The first-order valence-electron chi connectivity index (χ1n) is 9.76. The molecular weight excluding hydrogens is 350 g/mol. The summed E-state index contributed by atoms with van der Waals surface area (Å²) >= 11 is 0. The van der Waals surface area contributed by atoms with Crippen LogP contribution in [0.4, 0.5) is 10.5 Å². The van der Waals surface area contributed by atoms with Gasteiger partial charge in [0, 0.05) is 30.8 Å². The lowest BCUT2D eigenvalue weighted by Crippen LogP contribution is -2.41. The van der Waals surface area contributed by atoms with Crippen molar-refractivity contribution in [2.24, 2.45) is 5.92 Å². The number of carbonyl (C=O) groups excluding carboxylic acids is 1. The SMILES string of the molecule is Cc1cccc(NC(=O)N2CCC(Cc3nc(-c4ccccc4)n[nH]3)CC2)c1. The summed E-state index contributed by atoms with van der Waals surface area (Å²) in [5.74, 6) is 2.17. The molecule has 0 aliphatic carbocycles. The number of nitrogens with one attached hydrogen (secondary N) is 2. The Bertz CT molecular complexity index is 929. The number of amides is 2. The summed E-state index contributed by atoms with van der Waals surface area (Å²) in [6, 6.07) is 17.9. The van der Waals surface area contributed by atoms with Crippen molar-refractivity contribution >= 4 is 11.7 Å². The second kappa shape index (κ2) is 8.25. The molecule has 0 bridgehead atoms. The van der Waals surface area contributed by atoms with E-state index in [1.54, 1.807) is 0 Å². The summed E-state index contributed by atoms with van der Waals surface area (Å²) in [6.07, 6.45) is 2.82. The summed E-state index contributed by atoms with van der Waals surface area (Å²) in [4.78, 5) is 19.0. The van der Waals surface area contributed by atoms with E-state index in [1.165, 1.54) is 0 Å². The van der Waals surface area contributed by atoms with Gasteiger partial charge in [-0.15, -0.1) is 0 Å². The summed E-state index contributed by atoms with van der Waals surface area (Å²) in [7, 11) is 0. The van der Waals surface area contributed by atoms with E-state index in [-0.39, 0.29) is 6.03 Å². The summed E-state index contributed by atoms with van der Waals surface area (Å²) < 4.78 is 0. The van der Waals surface area contributed by atoms with Crippen LogP contribution in [0.1, 0.15) is 24.2 Å². The second-order valence-corrected chi connectivity index (χ2v) is 7.41. The van der Waals surface area contributed by atoms with E-state index >= 15 is 0 Å². The third-order valence-corrected chi connectivity index (χ3v) is 5.22. The molecule has 2 amide bonds. The number of piperidine rings is 1. The Hall–Kier alpha value is -3.15. The van der Waals surface area contributed by atoms with E-state index in [2.05, 4.69) is 20.5 Å². The minimum absolute atomic E-state index is 0.0184. The van der Waals surface area contributed by atoms with Gasteiger partial charge in [-0.1, -0.05) is 42.5 Å². The number of hydrogen-bond acceptors (Lipinski definition) is 3. The second-order valence-electron chi connectivity index (χ2n) is 7.41. The van der Waals surface area contributed by atoms with Crippen molar-refractivity contribution in [1.82, 2.24) is 20.1 Å². The lowest BCUT2D eigenvalue weighted by molar-refractivity contribution is 0.182. The standard InChI is InChI=1S/C22H25N5O/c1-16-6-5-9-19(14-16)23-22(28)27-12-10-17(11-13-27)15-20-24-21(26-25-20)18-7-3-2-4-8-18/h2-9,14,17H,10-13,15H2,1H3,(H,23,28)(H,24,25,26). The van der Waals surface area contributed by atoms with Gasteiger partial charge in [-0.3, -0.25) is 5.10 Å². The predicted octanol–water partition coefficient (Wildman–Crippen LogP) is 4.27. The van der Waals surface area contributed by atoms with Gasteiger partial charge < -0.3 is 10.2 Å². The van der Waals surface area contributed by atoms with E-state index in [9.17, 15) is 4.79 Å². The van der Waals surface area contributed by atoms with Gasteiger partial charge in [0.05, 0.1) is 0 Å². The normalized spacial score (nSPS) is 14.8. The third-order valence-electron chi connectivity index (χ3n) is 5.22. The van der Waals surface area contributed by atoms with Crippen LogP contribution in [0.3, 0.4) is 0 Å². The fourth-order valence-corrected chi connectivity index (χ4v) is 3.64. The van der Waals surface area contributed by atoms with Gasteiger partial charge >= 0.3 is 6.03 Å². The highest BCUT2D eigenvalue weighted by molar-refractivity contribution is 5.89.